The van der Waals surface area contributed by atoms with Crippen LogP contribution in [0, 0.1) is 19.7 Å². The Morgan fingerprint density at radius 2 is 1.85 bits per heavy atom. The fraction of sp³-hybridized carbons (Fsp3) is 0.375. The number of halogens is 5. The predicted octanol–water partition coefficient (Wildman–Crippen LogP) is 3.93. The third kappa shape index (κ3) is 5.58. The topological polar surface area (TPSA) is 62.5 Å². The molecule has 0 fully saturated rings. The first kappa shape index (κ1) is 22.2. The lowest BCUT2D eigenvalue weighted by atomic mass is 10.1. The maximum atomic E-state index is 13.1. The molecule has 0 spiro atoms. The molecule has 2 rings (SSSR count). The van der Waals surface area contributed by atoms with Gasteiger partial charge in [0.2, 0.25) is 0 Å². The van der Waals surface area contributed by atoms with E-state index in [4.69, 9.17) is 4.52 Å². The van der Waals surface area contributed by atoms with Crippen LogP contribution in [0.15, 0.2) is 27.7 Å². The first-order valence-electron chi connectivity index (χ1n) is 7.44. The molecule has 0 aliphatic heterocycles. The fourth-order valence-electron chi connectivity index (χ4n) is 2.29. The molecule has 1 aromatic carbocycles. The van der Waals surface area contributed by atoms with Gasteiger partial charge in [-0.15, -0.1) is 24.0 Å². The van der Waals surface area contributed by atoms with Crippen LogP contribution in [0.2, 0.25) is 0 Å². The zero-order valence-electron chi connectivity index (χ0n) is 14.4. The Morgan fingerprint density at radius 1 is 1.19 bits per heavy atom. The second-order valence-corrected chi connectivity index (χ2v) is 5.38. The largest absolute Gasteiger partial charge is 0.416 e. The maximum absolute atomic E-state index is 13.1. The Bertz CT molecular complexity index is 755. The van der Waals surface area contributed by atoms with E-state index in [-0.39, 0.29) is 36.1 Å². The van der Waals surface area contributed by atoms with Gasteiger partial charge in [-0.05, 0) is 31.5 Å². The Labute approximate surface area is 165 Å². The molecule has 0 saturated carbocycles. The molecule has 0 bridgehead atoms. The van der Waals surface area contributed by atoms with Gasteiger partial charge in [0, 0.05) is 25.7 Å². The second kappa shape index (κ2) is 9.19. The average Bonchev–Trinajstić information content (AvgIpc) is 2.86. The molecule has 0 aliphatic carbocycles. The van der Waals surface area contributed by atoms with E-state index in [1.165, 1.54) is 7.05 Å². The molecule has 1 aromatic heterocycles. The smallest absolute Gasteiger partial charge is 0.361 e. The number of nitrogens with one attached hydrogen (secondary N) is 2. The van der Waals surface area contributed by atoms with E-state index in [1.807, 2.05) is 0 Å². The van der Waals surface area contributed by atoms with Crippen molar-refractivity contribution in [1.29, 1.82) is 0 Å². The van der Waals surface area contributed by atoms with Crippen LogP contribution in [0.4, 0.5) is 17.6 Å². The molecule has 2 N–H and O–H groups in total. The van der Waals surface area contributed by atoms with Crippen LogP contribution in [0.1, 0.15) is 28.1 Å². The highest BCUT2D eigenvalue weighted by Gasteiger charge is 2.33. The van der Waals surface area contributed by atoms with Crippen molar-refractivity contribution in [2.24, 2.45) is 4.99 Å². The van der Waals surface area contributed by atoms with Gasteiger partial charge in [0.05, 0.1) is 11.3 Å². The van der Waals surface area contributed by atoms with Gasteiger partial charge in [-0.1, -0.05) is 11.2 Å². The molecule has 10 heteroatoms. The molecule has 0 radical (unpaired) electrons. The van der Waals surface area contributed by atoms with E-state index in [0.717, 1.165) is 23.4 Å². The quantitative estimate of drug-likeness (QED) is 0.298. The predicted molar refractivity (Wildman–Crippen MR) is 99.8 cm³/mol. The van der Waals surface area contributed by atoms with Gasteiger partial charge in [0.1, 0.15) is 11.6 Å². The van der Waals surface area contributed by atoms with Crippen molar-refractivity contribution in [3.8, 4) is 0 Å². The van der Waals surface area contributed by atoms with Crippen LogP contribution in [-0.4, -0.2) is 18.2 Å². The molecular formula is C16H19F4IN4O. The van der Waals surface area contributed by atoms with Crippen molar-refractivity contribution < 1.29 is 22.1 Å². The summed E-state index contributed by atoms with van der Waals surface area (Å²) in [6.45, 7) is 3.76. The van der Waals surface area contributed by atoms with E-state index in [1.54, 1.807) is 13.8 Å². The number of rotatable bonds is 4. The summed E-state index contributed by atoms with van der Waals surface area (Å²) in [5, 5.41) is 9.59. The first-order valence-corrected chi connectivity index (χ1v) is 7.44. The summed E-state index contributed by atoms with van der Waals surface area (Å²) in [6.07, 6.45) is -4.63. The lowest BCUT2D eigenvalue weighted by Crippen LogP contribution is -2.37. The summed E-state index contributed by atoms with van der Waals surface area (Å²) >= 11 is 0. The summed E-state index contributed by atoms with van der Waals surface area (Å²) in [5.41, 5.74) is 0.481. The summed E-state index contributed by atoms with van der Waals surface area (Å²) in [5.74, 6) is 0.0211. The number of guanidine groups is 1. The van der Waals surface area contributed by atoms with Gasteiger partial charge in [0.25, 0.3) is 0 Å². The number of hydrogen-bond acceptors (Lipinski definition) is 3. The minimum atomic E-state index is -4.63. The highest BCUT2D eigenvalue weighted by atomic mass is 127. The van der Waals surface area contributed by atoms with Gasteiger partial charge < -0.3 is 15.2 Å². The van der Waals surface area contributed by atoms with Crippen molar-refractivity contribution in [1.82, 2.24) is 15.8 Å². The summed E-state index contributed by atoms with van der Waals surface area (Å²) in [7, 11) is 1.50. The number of aromatic nitrogens is 1. The van der Waals surface area contributed by atoms with Gasteiger partial charge in [-0.25, -0.2) is 4.39 Å². The average molecular weight is 486 g/mol. The van der Waals surface area contributed by atoms with Crippen molar-refractivity contribution in [3.63, 3.8) is 0 Å². The van der Waals surface area contributed by atoms with Crippen molar-refractivity contribution in [2.75, 3.05) is 7.05 Å². The highest BCUT2D eigenvalue weighted by molar-refractivity contribution is 14.0. The Hall–Kier alpha value is -1.85. The lowest BCUT2D eigenvalue weighted by molar-refractivity contribution is -0.138. The Morgan fingerprint density at radius 3 is 2.38 bits per heavy atom. The molecule has 1 heterocycles. The standard InChI is InChI=1S/C16H18F4N4O.HI/c1-9-13(10(2)25-24-9)8-23-15(21-3)22-7-11-4-5-12(17)6-14(11)16(18,19)20;/h4-6H,7-8H2,1-3H3,(H2,21,22,23);1H. The third-order valence-electron chi connectivity index (χ3n) is 3.66. The Kier molecular flexibility index (Phi) is 7.85. The van der Waals surface area contributed by atoms with Gasteiger partial charge in [0.15, 0.2) is 5.96 Å². The van der Waals surface area contributed by atoms with E-state index >= 15 is 0 Å². The lowest BCUT2D eigenvalue weighted by Gasteiger charge is -2.16. The van der Waals surface area contributed by atoms with E-state index < -0.39 is 17.6 Å². The van der Waals surface area contributed by atoms with Crippen molar-refractivity contribution in [2.45, 2.75) is 33.1 Å². The minimum Gasteiger partial charge on any atom is -0.361 e. The number of nitrogens with zero attached hydrogens (tertiary/aromatic N) is 2. The minimum absolute atomic E-state index is 0. The van der Waals surface area contributed by atoms with Crippen molar-refractivity contribution in [3.05, 3.63) is 52.2 Å². The molecule has 0 saturated heterocycles. The van der Waals surface area contributed by atoms with Crippen LogP contribution in [0.5, 0.6) is 0 Å². The number of aryl methyl sites for hydroxylation is 2. The van der Waals surface area contributed by atoms with Crippen molar-refractivity contribution >= 4 is 29.9 Å². The summed E-state index contributed by atoms with van der Waals surface area (Å²) in [6, 6.07) is 2.58. The van der Waals surface area contributed by atoms with E-state index in [2.05, 4.69) is 20.8 Å². The zero-order valence-corrected chi connectivity index (χ0v) is 16.7. The molecule has 0 unspecified atom stereocenters. The Balaban J connectivity index is 0.00000338. The number of alkyl halides is 3. The zero-order chi connectivity index (χ0) is 18.6. The summed E-state index contributed by atoms with van der Waals surface area (Å²) in [4.78, 5) is 3.96. The van der Waals surface area contributed by atoms with E-state index in [9.17, 15) is 17.6 Å². The fourth-order valence-corrected chi connectivity index (χ4v) is 2.29. The normalized spacial score (nSPS) is 11.9. The molecular weight excluding hydrogens is 467 g/mol. The second-order valence-electron chi connectivity index (χ2n) is 5.38. The van der Waals surface area contributed by atoms with Gasteiger partial charge >= 0.3 is 6.18 Å². The van der Waals surface area contributed by atoms with Crippen LogP contribution >= 0.6 is 24.0 Å². The molecule has 2 aromatic rings. The third-order valence-corrected chi connectivity index (χ3v) is 3.66. The molecule has 144 valence electrons. The highest BCUT2D eigenvalue weighted by Crippen LogP contribution is 2.32. The van der Waals surface area contributed by atoms with E-state index in [0.29, 0.717) is 24.3 Å². The molecule has 0 atom stereocenters. The van der Waals surface area contributed by atoms with Gasteiger partial charge in [-0.3, -0.25) is 4.99 Å². The first-order chi connectivity index (χ1) is 11.7. The molecule has 0 aliphatic rings. The molecule has 26 heavy (non-hydrogen) atoms. The maximum Gasteiger partial charge on any atom is 0.416 e. The molecule has 5 nitrogen and oxygen atoms in total. The number of benzene rings is 1. The number of aliphatic imine (C=N–C) groups is 1. The molecule has 0 amide bonds. The van der Waals surface area contributed by atoms with Crippen LogP contribution in [0.25, 0.3) is 0 Å². The monoisotopic (exact) mass is 486 g/mol. The van der Waals surface area contributed by atoms with Crippen LogP contribution < -0.4 is 10.6 Å². The van der Waals surface area contributed by atoms with Gasteiger partial charge in [-0.2, -0.15) is 13.2 Å². The number of hydrogen-bond donors (Lipinski definition) is 2. The van der Waals surface area contributed by atoms with Crippen LogP contribution in [-0.2, 0) is 19.3 Å². The summed E-state index contributed by atoms with van der Waals surface area (Å²) < 4.78 is 57.2. The van der Waals surface area contributed by atoms with Crippen LogP contribution in [0.3, 0.4) is 0 Å². The SMILES string of the molecule is CN=C(NCc1ccc(F)cc1C(F)(F)F)NCc1c(C)noc1C.I.